The van der Waals surface area contributed by atoms with Crippen LogP contribution in [-0.2, 0) is 5.88 Å². The van der Waals surface area contributed by atoms with Crippen molar-refractivity contribution in [3.8, 4) is 5.75 Å². The van der Waals surface area contributed by atoms with Crippen molar-refractivity contribution in [3.05, 3.63) is 23.5 Å². The van der Waals surface area contributed by atoms with Gasteiger partial charge in [0.05, 0.1) is 18.2 Å². The topological polar surface area (TPSA) is 22.1 Å². The first-order valence-electron chi connectivity index (χ1n) is 6.42. The molecule has 3 heteroatoms. The van der Waals surface area contributed by atoms with Crippen molar-refractivity contribution < 1.29 is 4.74 Å². The molecule has 1 rings (SSSR count). The fraction of sp³-hybridized carbons (Fsp3) is 0.643. The van der Waals surface area contributed by atoms with Gasteiger partial charge in [-0.3, -0.25) is 4.98 Å². The monoisotopic (exact) mass is 255 g/mol. The number of rotatable bonds is 8. The second kappa shape index (κ2) is 8.35. The highest BCUT2D eigenvalue weighted by Crippen LogP contribution is 2.20. The molecular weight excluding hydrogens is 234 g/mol. The molecule has 0 amide bonds. The molecule has 0 aromatic carbocycles. The zero-order valence-electron chi connectivity index (χ0n) is 10.8. The first-order valence-corrected chi connectivity index (χ1v) is 6.96. The Kier molecular flexibility index (Phi) is 7.02. The lowest BCUT2D eigenvalue weighted by Gasteiger charge is -2.10. The molecule has 0 aliphatic carbocycles. The van der Waals surface area contributed by atoms with Crippen LogP contribution in [0.15, 0.2) is 12.3 Å². The Bertz CT molecular complexity index is 328. The maximum atomic E-state index is 5.80. The molecule has 0 radical (unpaired) electrons. The SMILES string of the molecule is CCCCCCCOc1ccnc(CCl)c1C. The summed E-state index contributed by atoms with van der Waals surface area (Å²) in [5.41, 5.74) is 1.98. The van der Waals surface area contributed by atoms with E-state index in [1.54, 1.807) is 6.20 Å². The van der Waals surface area contributed by atoms with Crippen LogP contribution in [0.5, 0.6) is 5.75 Å². The minimum Gasteiger partial charge on any atom is -0.493 e. The first kappa shape index (κ1) is 14.3. The number of ether oxygens (including phenoxy) is 1. The van der Waals surface area contributed by atoms with Gasteiger partial charge in [0, 0.05) is 11.8 Å². The predicted molar refractivity (Wildman–Crippen MR) is 72.8 cm³/mol. The summed E-state index contributed by atoms with van der Waals surface area (Å²) >= 11 is 5.80. The van der Waals surface area contributed by atoms with E-state index in [-0.39, 0.29) is 0 Å². The smallest absolute Gasteiger partial charge is 0.125 e. The lowest BCUT2D eigenvalue weighted by Crippen LogP contribution is -2.01. The van der Waals surface area contributed by atoms with Crippen LogP contribution in [0.3, 0.4) is 0 Å². The van der Waals surface area contributed by atoms with Crippen LogP contribution < -0.4 is 4.74 Å². The van der Waals surface area contributed by atoms with Crippen molar-refractivity contribution in [1.29, 1.82) is 0 Å². The van der Waals surface area contributed by atoms with Gasteiger partial charge in [-0.25, -0.2) is 0 Å². The van der Waals surface area contributed by atoms with E-state index in [2.05, 4.69) is 11.9 Å². The summed E-state index contributed by atoms with van der Waals surface area (Å²) in [6.45, 7) is 5.03. The van der Waals surface area contributed by atoms with Crippen LogP contribution in [0.4, 0.5) is 0 Å². The Hall–Kier alpha value is -0.760. The summed E-state index contributed by atoms with van der Waals surface area (Å²) in [7, 11) is 0. The van der Waals surface area contributed by atoms with Gasteiger partial charge in [0.15, 0.2) is 0 Å². The number of pyridine rings is 1. The Balaban J connectivity index is 2.31. The van der Waals surface area contributed by atoms with Gasteiger partial charge < -0.3 is 4.74 Å². The average Bonchev–Trinajstić information content (AvgIpc) is 2.35. The summed E-state index contributed by atoms with van der Waals surface area (Å²) in [5, 5.41) is 0. The van der Waals surface area contributed by atoms with Crippen molar-refractivity contribution in [3.63, 3.8) is 0 Å². The van der Waals surface area contributed by atoms with Crippen molar-refractivity contribution in [2.45, 2.75) is 51.8 Å². The lowest BCUT2D eigenvalue weighted by atomic mass is 10.2. The molecule has 0 aliphatic rings. The third kappa shape index (κ3) is 4.95. The third-order valence-electron chi connectivity index (χ3n) is 2.89. The number of hydrogen-bond donors (Lipinski definition) is 0. The second-order valence-electron chi connectivity index (χ2n) is 4.28. The Morgan fingerprint density at radius 1 is 1.24 bits per heavy atom. The molecule has 0 bridgehead atoms. The maximum Gasteiger partial charge on any atom is 0.125 e. The molecule has 1 aromatic heterocycles. The summed E-state index contributed by atoms with van der Waals surface area (Å²) in [4.78, 5) is 4.21. The fourth-order valence-electron chi connectivity index (χ4n) is 1.74. The zero-order chi connectivity index (χ0) is 12.5. The lowest BCUT2D eigenvalue weighted by molar-refractivity contribution is 0.302. The van der Waals surface area contributed by atoms with E-state index in [0.29, 0.717) is 5.88 Å². The summed E-state index contributed by atoms with van der Waals surface area (Å²) in [6, 6.07) is 1.91. The van der Waals surface area contributed by atoms with Crippen LogP contribution in [0.2, 0.25) is 0 Å². The normalized spacial score (nSPS) is 10.5. The number of hydrogen-bond acceptors (Lipinski definition) is 2. The largest absolute Gasteiger partial charge is 0.493 e. The summed E-state index contributed by atoms with van der Waals surface area (Å²) in [6.07, 6.45) is 8.05. The van der Waals surface area contributed by atoms with E-state index in [4.69, 9.17) is 16.3 Å². The molecule has 0 unspecified atom stereocenters. The van der Waals surface area contributed by atoms with Crippen molar-refractivity contribution in [2.75, 3.05) is 6.61 Å². The third-order valence-corrected chi connectivity index (χ3v) is 3.14. The number of nitrogens with zero attached hydrogens (tertiary/aromatic N) is 1. The number of alkyl halides is 1. The van der Waals surface area contributed by atoms with Gasteiger partial charge >= 0.3 is 0 Å². The van der Waals surface area contributed by atoms with Crippen LogP contribution in [-0.4, -0.2) is 11.6 Å². The zero-order valence-corrected chi connectivity index (χ0v) is 11.6. The number of halogens is 1. The fourth-order valence-corrected chi connectivity index (χ4v) is 2.01. The van der Waals surface area contributed by atoms with E-state index in [1.807, 2.05) is 13.0 Å². The van der Waals surface area contributed by atoms with Crippen LogP contribution >= 0.6 is 11.6 Å². The molecule has 1 aromatic rings. The number of unbranched alkanes of at least 4 members (excludes halogenated alkanes) is 4. The minimum absolute atomic E-state index is 0.444. The predicted octanol–water partition coefficient (Wildman–Crippen LogP) is 4.48. The summed E-state index contributed by atoms with van der Waals surface area (Å²) < 4.78 is 5.76. The molecule has 2 nitrogen and oxygen atoms in total. The molecule has 1 heterocycles. The van der Waals surface area contributed by atoms with Crippen LogP contribution in [0.1, 0.15) is 50.3 Å². The van der Waals surface area contributed by atoms with Gasteiger partial charge in [-0.1, -0.05) is 32.6 Å². The number of aromatic nitrogens is 1. The van der Waals surface area contributed by atoms with Crippen LogP contribution in [0, 0.1) is 6.92 Å². The van der Waals surface area contributed by atoms with Gasteiger partial charge in [0.25, 0.3) is 0 Å². The van der Waals surface area contributed by atoms with Crippen molar-refractivity contribution in [2.24, 2.45) is 0 Å². The van der Waals surface area contributed by atoms with Gasteiger partial charge in [-0.15, -0.1) is 11.6 Å². The minimum atomic E-state index is 0.444. The first-order chi connectivity index (χ1) is 8.29. The highest BCUT2D eigenvalue weighted by molar-refractivity contribution is 6.17. The molecule has 0 spiro atoms. The molecular formula is C14H22ClNO. The van der Waals surface area contributed by atoms with Gasteiger partial charge in [0.2, 0.25) is 0 Å². The van der Waals surface area contributed by atoms with E-state index in [0.717, 1.165) is 30.0 Å². The molecule has 0 atom stereocenters. The van der Waals surface area contributed by atoms with E-state index >= 15 is 0 Å². The van der Waals surface area contributed by atoms with Crippen LogP contribution in [0.25, 0.3) is 0 Å². The van der Waals surface area contributed by atoms with Crippen molar-refractivity contribution in [1.82, 2.24) is 4.98 Å². The van der Waals surface area contributed by atoms with E-state index in [9.17, 15) is 0 Å². The van der Waals surface area contributed by atoms with E-state index < -0.39 is 0 Å². The molecule has 0 N–H and O–H groups in total. The molecule has 0 aliphatic heterocycles. The molecule has 0 saturated heterocycles. The van der Waals surface area contributed by atoms with Gasteiger partial charge in [-0.05, 0) is 19.4 Å². The Morgan fingerprint density at radius 2 is 2.00 bits per heavy atom. The second-order valence-corrected chi connectivity index (χ2v) is 4.54. The highest BCUT2D eigenvalue weighted by Gasteiger charge is 2.04. The standard InChI is InChI=1S/C14H22ClNO/c1-3-4-5-6-7-10-17-14-8-9-16-13(11-15)12(14)2/h8-9H,3-7,10-11H2,1-2H3. The highest BCUT2D eigenvalue weighted by atomic mass is 35.5. The van der Waals surface area contributed by atoms with Gasteiger partial charge in [-0.2, -0.15) is 0 Å². The molecule has 0 fully saturated rings. The maximum absolute atomic E-state index is 5.80. The quantitative estimate of drug-likeness (QED) is 0.505. The van der Waals surface area contributed by atoms with Gasteiger partial charge in [0.1, 0.15) is 5.75 Å². The summed E-state index contributed by atoms with van der Waals surface area (Å²) in [5.74, 6) is 1.37. The Labute approximate surface area is 109 Å². The molecule has 0 saturated carbocycles. The van der Waals surface area contributed by atoms with Crippen molar-refractivity contribution >= 4 is 11.6 Å². The molecule has 17 heavy (non-hydrogen) atoms. The Morgan fingerprint density at radius 3 is 2.71 bits per heavy atom. The molecule has 96 valence electrons. The average molecular weight is 256 g/mol. The van der Waals surface area contributed by atoms with E-state index in [1.165, 1.54) is 25.7 Å².